The van der Waals surface area contributed by atoms with E-state index in [4.69, 9.17) is 10.5 Å². The lowest BCUT2D eigenvalue weighted by atomic mass is 10.2. The molecule has 4 N–H and O–H groups in total. The van der Waals surface area contributed by atoms with Gasteiger partial charge >= 0.3 is 0 Å². The summed E-state index contributed by atoms with van der Waals surface area (Å²) in [5, 5.41) is 7.46. The predicted octanol–water partition coefficient (Wildman–Crippen LogP) is 3.16. The highest BCUT2D eigenvalue weighted by atomic mass is 32.1. The average Bonchev–Trinajstić information content (AvgIpc) is 3.22. The molecule has 1 aliphatic heterocycles. The quantitative estimate of drug-likeness (QED) is 0.565. The molecule has 146 valence electrons. The second-order valence-electron chi connectivity index (χ2n) is 6.45. The summed E-state index contributed by atoms with van der Waals surface area (Å²) in [6.07, 6.45) is 3.72. The van der Waals surface area contributed by atoms with Crippen LogP contribution in [0.15, 0.2) is 48.8 Å². The molecule has 7 nitrogen and oxygen atoms in total. The standard InChI is InChI=1S/C20H24N6OS/c21-5-7-22-16-3-1-2-15(12-16)18-14-24-20(28-18)25-19-13-17(4-6-23-19)26-8-10-27-11-9-26/h1-4,6,12-14,22H,5,7-11,21H2,(H,23,24,25). The lowest BCUT2D eigenvalue weighted by molar-refractivity contribution is 0.122. The van der Waals surface area contributed by atoms with E-state index in [1.54, 1.807) is 11.3 Å². The third kappa shape index (κ3) is 4.59. The third-order valence-corrected chi connectivity index (χ3v) is 5.44. The van der Waals surface area contributed by atoms with Crippen LogP contribution in [-0.2, 0) is 4.74 Å². The summed E-state index contributed by atoms with van der Waals surface area (Å²) < 4.78 is 5.43. The van der Waals surface area contributed by atoms with Crippen LogP contribution in [0.5, 0.6) is 0 Å². The van der Waals surface area contributed by atoms with Gasteiger partial charge in [0.05, 0.1) is 18.1 Å². The highest BCUT2D eigenvalue weighted by Crippen LogP contribution is 2.32. The topological polar surface area (TPSA) is 88.3 Å². The van der Waals surface area contributed by atoms with Gasteiger partial charge in [0.25, 0.3) is 0 Å². The Balaban J connectivity index is 1.46. The first-order chi connectivity index (χ1) is 13.8. The number of nitrogens with two attached hydrogens (primary N) is 1. The molecule has 1 saturated heterocycles. The van der Waals surface area contributed by atoms with E-state index in [2.05, 4.69) is 43.7 Å². The van der Waals surface area contributed by atoms with Crippen molar-refractivity contribution in [2.45, 2.75) is 0 Å². The number of morpholine rings is 1. The van der Waals surface area contributed by atoms with Crippen molar-refractivity contribution in [3.63, 3.8) is 0 Å². The van der Waals surface area contributed by atoms with Gasteiger partial charge in [-0.25, -0.2) is 9.97 Å². The number of hydrogen-bond acceptors (Lipinski definition) is 8. The summed E-state index contributed by atoms with van der Waals surface area (Å²) in [4.78, 5) is 12.4. The zero-order valence-corrected chi connectivity index (χ0v) is 16.4. The molecular weight excluding hydrogens is 372 g/mol. The number of pyridine rings is 1. The summed E-state index contributed by atoms with van der Waals surface area (Å²) in [5.41, 5.74) is 8.90. The van der Waals surface area contributed by atoms with E-state index in [-0.39, 0.29) is 0 Å². The molecule has 0 atom stereocenters. The molecule has 3 heterocycles. The van der Waals surface area contributed by atoms with E-state index >= 15 is 0 Å². The second-order valence-corrected chi connectivity index (χ2v) is 7.48. The van der Waals surface area contributed by atoms with Crippen LogP contribution in [0.3, 0.4) is 0 Å². The molecule has 1 aliphatic rings. The van der Waals surface area contributed by atoms with Gasteiger partial charge in [-0.1, -0.05) is 23.5 Å². The van der Waals surface area contributed by atoms with Crippen LogP contribution in [0.1, 0.15) is 0 Å². The highest BCUT2D eigenvalue weighted by Gasteiger charge is 2.12. The molecule has 0 bridgehead atoms. The van der Waals surface area contributed by atoms with Crippen LogP contribution in [-0.4, -0.2) is 49.4 Å². The Hall–Kier alpha value is -2.68. The van der Waals surface area contributed by atoms with Gasteiger partial charge in [-0.2, -0.15) is 0 Å². The molecule has 8 heteroatoms. The zero-order valence-electron chi connectivity index (χ0n) is 15.6. The Labute approximate surface area is 168 Å². The summed E-state index contributed by atoms with van der Waals surface area (Å²) >= 11 is 1.61. The Kier molecular flexibility index (Phi) is 6.01. The number of rotatable bonds is 7. The van der Waals surface area contributed by atoms with Crippen molar-refractivity contribution in [1.29, 1.82) is 0 Å². The fourth-order valence-electron chi connectivity index (χ4n) is 3.08. The fourth-order valence-corrected chi connectivity index (χ4v) is 3.90. The van der Waals surface area contributed by atoms with Gasteiger partial charge in [-0.3, -0.25) is 0 Å². The van der Waals surface area contributed by atoms with E-state index in [0.29, 0.717) is 6.54 Å². The van der Waals surface area contributed by atoms with Crippen molar-refractivity contribution in [3.8, 4) is 10.4 Å². The molecule has 0 spiro atoms. The first-order valence-corrected chi connectivity index (χ1v) is 10.2. The molecule has 3 aromatic rings. The van der Waals surface area contributed by atoms with Crippen LogP contribution in [0, 0.1) is 0 Å². The second kappa shape index (κ2) is 9.01. The molecule has 0 aliphatic carbocycles. The Morgan fingerprint density at radius 3 is 2.89 bits per heavy atom. The van der Waals surface area contributed by atoms with E-state index in [9.17, 15) is 0 Å². The van der Waals surface area contributed by atoms with E-state index in [1.807, 2.05) is 30.6 Å². The van der Waals surface area contributed by atoms with E-state index < -0.39 is 0 Å². The molecule has 0 saturated carbocycles. The minimum absolute atomic E-state index is 0.607. The van der Waals surface area contributed by atoms with Crippen LogP contribution in [0.25, 0.3) is 10.4 Å². The van der Waals surface area contributed by atoms with Gasteiger partial charge in [-0.15, -0.1) is 0 Å². The van der Waals surface area contributed by atoms with Crippen LogP contribution in [0.2, 0.25) is 0 Å². The van der Waals surface area contributed by atoms with Gasteiger partial charge in [0.2, 0.25) is 0 Å². The van der Waals surface area contributed by atoms with E-state index in [1.165, 1.54) is 0 Å². The van der Waals surface area contributed by atoms with Gasteiger partial charge in [0.1, 0.15) is 5.82 Å². The summed E-state index contributed by atoms with van der Waals surface area (Å²) in [5.74, 6) is 0.795. The summed E-state index contributed by atoms with van der Waals surface area (Å²) in [6, 6.07) is 12.4. The van der Waals surface area contributed by atoms with Gasteiger partial charge in [-0.05, 0) is 23.8 Å². The minimum Gasteiger partial charge on any atom is -0.384 e. The maximum Gasteiger partial charge on any atom is 0.188 e. The van der Waals surface area contributed by atoms with Crippen molar-refractivity contribution < 1.29 is 4.74 Å². The number of aromatic nitrogens is 2. The number of ether oxygens (including phenoxy) is 1. The summed E-state index contributed by atoms with van der Waals surface area (Å²) in [6.45, 7) is 4.69. The lowest BCUT2D eigenvalue weighted by Crippen LogP contribution is -2.36. The van der Waals surface area contributed by atoms with Crippen molar-refractivity contribution in [2.24, 2.45) is 5.73 Å². The first kappa shape index (κ1) is 18.7. The zero-order chi connectivity index (χ0) is 19.2. The van der Waals surface area contributed by atoms with Gasteiger partial charge < -0.3 is 26.0 Å². The molecule has 0 unspecified atom stereocenters. The number of nitrogens with zero attached hydrogens (tertiary/aromatic N) is 3. The smallest absolute Gasteiger partial charge is 0.188 e. The monoisotopic (exact) mass is 396 g/mol. The van der Waals surface area contributed by atoms with Gasteiger partial charge in [0.15, 0.2) is 5.13 Å². The van der Waals surface area contributed by atoms with Crippen LogP contribution >= 0.6 is 11.3 Å². The SMILES string of the molecule is NCCNc1cccc(-c2cnc(Nc3cc(N4CCOCC4)ccn3)s2)c1. The molecule has 1 fully saturated rings. The number of hydrogen-bond donors (Lipinski definition) is 3. The lowest BCUT2D eigenvalue weighted by Gasteiger charge is -2.28. The molecule has 2 aromatic heterocycles. The first-order valence-electron chi connectivity index (χ1n) is 9.38. The van der Waals surface area contributed by atoms with Crippen molar-refractivity contribution in [1.82, 2.24) is 9.97 Å². The number of anilines is 4. The number of benzene rings is 1. The molecule has 1 aromatic carbocycles. The predicted molar refractivity (Wildman–Crippen MR) is 116 cm³/mol. The maximum atomic E-state index is 5.57. The Morgan fingerprint density at radius 2 is 2.04 bits per heavy atom. The molecule has 4 rings (SSSR count). The summed E-state index contributed by atoms with van der Waals surface area (Å²) in [7, 11) is 0. The Morgan fingerprint density at radius 1 is 1.14 bits per heavy atom. The number of thiazole rings is 1. The maximum absolute atomic E-state index is 5.57. The largest absolute Gasteiger partial charge is 0.384 e. The molecule has 0 radical (unpaired) electrons. The van der Waals surface area contributed by atoms with Crippen LogP contribution < -0.4 is 21.3 Å². The molecular formula is C20H24N6OS. The van der Waals surface area contributed by atoms with E-state index in [0.717, 1.165) is 65.6 Å². The van der Waals surface area contributed by atoms with Crippen molar-refractivity contribution in [3.05, 3.63) is 48.8 Å². The average molecular weight is 397 g/mol. The molecule has 0 amide bonds. The fraction of sp³-hybridized carbons (Fsp3) is 0.300. The van der Waals surface area contributed by atoms with Crippen molar-refractivity contribution >= 4 is 33.7 Å². The van der Waals surface area contributed by atoms with Crippen molar-refractivity contribution in [2.75, 3.05) is 54.9 Å². The normalized spacial score (nSPS) is 14.1. The minimum atomic E-state index is 0.607. The Bertz CT molecular complexity index is 909. The molecule has 28 heavy (non-hydrogen) atoms. The number of nitrogens with one attached hydrogen (secondary N) is 2. The van der Waals surface area contributed by atoms with Gasteiger partial charge in [0, 0.05) is 56.0 Å². The third-order valence-electron chi connectivity index (χ3n) is 4.48. The van der Waals surface area contributed by atoms with Crippen LogP contribution in [0.4, 0.5) is 22.3 Å². The highest BCUT2D eigenvalue weighted by molar-refractivity contribution is 7.18.